The van der Waals surface area contributed by atoms with Crippen LogP contribution in [0.3, 0.4) is 0 Å². The van der Waals surface area contributed by atoms with E-state index in [4.69, 9.17) is 10.5 Å². The zero-order valence-electron chi connectivity index (χ0n) is 10.4. The first kappa shape index (κ1) is 12.3. The second-order valence-corrected chi connectivity index (χ2v) is 5.31. The first-order valence-corrected chi connectivity index (χ1v) is 6.92. The van der Waals surface area contributed by atoms with Crippen molar-refractivity contribution < 1.29 is 4.74 Å². The van der Waals surface area contributed by atoms with Crippen LogP contribution in [0.1, 0.15) is 38.5 Å². The Bertz CT molecular complexity index is 186. The number of ether oxygens (including phenoxy) is 1. The molecule has 0 aromatic rings. The van der Waals surface area contributed by atoms with Gasteiger partial charge in [-0.1, -0.05) is 19.3 Å². The van der Waals surface area contributed by atoms with Crippen LogP contribution < -0.4 is 5.73 Å². The zero-order valence-corrected chi connectivity index (χ0v) is 10.4. The number of nitrogens with zero attached hydrogens (tertiary/aromatic N) is 1. The molecule has 94 valence electrons. The Kier molecular flexibility index (Phi) is 5.07. The van der Waals surface area contributed by atoms with Crippen molar-refractivity contribution in [2.45, 2.75) is 44.6 Å². The molecule has 1 aliphatic carbocycles. The van der Waals surface area contributed by atoms with Crippen molar-refractivity contribution in [2.24, 2.45) is 11.7 Å². The average molecular weight is 226 g/mol. The standard InChI is InChI=1S/C13H26N2O/c14-7-8-15(10-12-6-9-16-11-12)13-4-2-1-3-5-13/h12-13H,1-11,14H2. The highest BCUT2D eigenvalue weighted by atomic mass is 16.5. The predicted octanol–water partition coefficient (Wildman–Crippen LogP) is 1.62. The van der Waals surface area contributed by atoms with Gasteiger partial charge in [-0.25, -0.2) is 0 Å². The van der Waals surface area contributed by atoms with E-state index >= 15 is 0 Å². The van der Waals surface area contributed by atoms with Gasteiger partial charge in [0.15, 0.2) is 0 Å². The van der Waals surface area contributed by atoms with Crippen LogP contribution in [-0.2, 0) is 4.74 Å². The highest BCUT2D eigenvalue weighted by molar-refractivity contribution is 4.79. The van der Waals surface area contributed by atoms with Crippen molar-refractivity contribution in [3.05, 3.63) is 0 Å². The Balaban J connectivity index is 1.82. The van der Waals surface area contributed by atoms with Crippen LogP contribution in [0.25, 0.3) is 0 Å². The van der Waals surface area contributed by atoms with E-state index in [1.54, 1.807) is 0 Å². The molecule has 2 fully saturated rings. The molecule has 3 heteroatoms. The third-order valence-corrected chi connectivity index (χ3v) is 4.02. The van der Waals surface area contributed by atoms with Gasteiger partial charge in [-0.3, -0.25) is 4.90 Å². The molecule has 0 bridgehead atoms. The van der Waals surface area contributed by atoms with Crippen LogP contribution >= 0.6 is 0 Å². The van der Waals surface area contributed by atoms with E-state index in [-0.39, 0.29) is 0 Å². The zero-order chi connectivity index (χ0) is 11.2. The summed E-state index contributed by atoms with van der Waals surface area (Å²) in [7, 11) is 0. The maximum absolute atomic E-state index is 5.74. The van der Waals surface area contributed by atoms with Crippen molar-refractivity contribution >= 4 is 0 Å². The molecule has 1 saturated carbocycles. The quantitative estimate of drug-likeness (QED) is 0.774. The van der Waals surface area contributed by atoms with Crippen molar-refractivity contribution in [2.75, 3.05) is 32.8 Å². The molecule has 16 heavy (non-hydrogen) atoms. The predicted molar refractivity (Wildman–Crippen MR) is 66.4 cm³/mol. The third-order valence-electron chi connectivity index (χ3n) is 4.02. The van der Waals surface area contributed by atoms with Gasteiger partial charge in [0.25, 0.3) is 0 Å². The maximum atomic E-state index is 5.74. The molecule has 2 aliphatic rings. The molecule has 1 heterocycles. The van der Waals surface area contributed by atoms with E-state index in [2.05, 4.69) is 4.90 Å². The number of nitrogens with two attached hydrogens (primary N) is 1. The van der Waals surface area contributed by atoms with Crippen molar-refractivity contribution in [1.82, 2.24) is 4.90 Å². The Hall–Kier alpha value is -0.120. The van der Waals surface area contributed by atoms with Crippen LogP contribution in [0.2, 0.25) is 0 Å². The lowest BCUT2D eigenvalue weighted by Gasteiger charge is -2.35. The van der Waals surface area contributed by atoms with E-state index in [1.807, 2.05) is 0 Å². The molecule has 1 atom stereocenters. The topological polar surface area (TPSA) is 38.5 Å². The molecule has 3 nitrogen and oxygen atoms in total. The van der Waals surface area contributed by atoms with Crippen molar-refractivity contribution in [1.29, 1.82) is 0 Å². The van der Waals surface area contributed by atoms with Crippen molar-refractivity contribution in [3.63, 3.8) is 0 Å². The average Bonchev–Trinajstić information content (AvgIpc) is 2.83. The Morgan fingerprint density at radius 3 is 2.56 bits per heavy atom. The third kappa shape index (κ3) is 3.44. The van der Waals surface area contributed by atoms with E-state index < -0.39 is 0 Å². The van der Waals surface area contributed by atoms with Gasteiger partial charge < -0.3 is 10.5 Å². The molecule has 1 aliphatic heterocycles. The van der Waals surface area contributed by atoms with E-state index in [0.717, 1.165) is 38.3 Å². The molecular weight excluding hydrogens is 200 g/mol. The van der Waals surface area contributed by atoms with Crippen LogP contribution in [-0.4, -0.2) is 43.8 Å². The molecule has 0 aromatic heterocycles. The summed E-state index contributed by atoms with van der Waals surface area (Å²) in [5.74, 6) is 0.758. The fourth-order valence-electron chi connectivity index (χ4n) is 3.09. The highest BCUT2D eigenvalue weighted by Crippen LogP contribution is 2.24. The van der Waals surface area contributed by atoms with Gasteiger partial charge in [0.1, 0.15) is 0 Å². The SMILES string of the molecule is NCCN(CC1CCOC1)C1CCCCC1. The number of hydrogen-bond donors (Lipinski definition) is 1. The molecule has 2 N–H and O–H groups in total. The van der Waals surface area contributed by atoms with Gasteiger partial charge in [0.05, 0.1) is 6.61 Å². The lowest BCUT2D eigenvalue weighted by atomic mass is 9.93. The monoisotopic (exact) mass is 226 g/mol. The summed E-state index contributed by atoms with van der Waals surface area (Å²) >= 11 is 0. The van der Waals surface area contributed by atoms with Gasteiger partial charge in [-0.05, 0) is 25.2 Å². The molecule has 1 saturated heterocycles. The van der Waals surface area contributed by atoms with E-state index in [1.165, 1.54) is 45.1 Å². The summed E-state index contributed by atoms with van der Waals surface area (Å²) in [5.41, 5.74) is 5.74. The first-order chi connectivity index (χ1) is 7.90. The molecule has 0 spiro atoms. The summed E-state index contributed by atoms with van der Waals surface area (Å²) < 4.78 is 5.47. The van der Waals surface area contributed by atoms with Crippen LogP contribution in [0.4, 0.5) is 0 Å². The first-order valence-electron chi connectivity index (χ1n) is 6.92. The highest BCUT2D eigenvalue weighted by Gasteiger charge is 2.25. The normalized spacial score (nSPS) is 27.8. The molecule has 1 unspecified atom stereocenters. The van der Waals surface area contributed by atoms with Crippen LogP contribution in [0, 0.1) is 5.92 Å². The molecule has 2 rings (SSSR count). The summed E-state index contributed by atoms with van der Waals surface area (Å²) in [6.45, 7) is 5.01. The molecule has 0 radical (unpaired) electrons. The number of hydrogen-bond acceptors (Lipinski definition) is 3. The largest absolute Gasteiger partial charge is 0.381 e. The summed E-state index contributed by atoms with van der Waals surface area (Å²) in [6.07, 6.45) is 8.26. The fourth-order valence-corrected chi connectivity index (χ4v) is 3.09. The number of rotatable bonds is 5. The van der Waals surface area contributed by atoms with E-state index in [9.17, 15) is 0 Å². The van der Waals surface area contributed by atoms with Crippen molar-refractivity contribution in [3.8, 4) is 0 Å². The van der Waals surface area contributed by atoms with Gasteiger partial charge in [-0.15, -0.1) is 0 Å². The lowest BCUT2D eigenvalue weighted by molar-refractivity contribution is 0.124. The lowest BCUT2D eigenvalue weighted by Crippen LogP contribution is -2.42. The van der Waals surface area contributed by atoms with E-state index in [0.29, 0.717) is 0 Å². The minimum atomic E-state index is 0.758. The summed E-state index contributed by atoms with van der Waals surface area (Å²) in [6, 6.07) is 0.804. The summed E-state index contributed by atoms with van der Waals surface area (Å²) in [4.78, 5) is 2.64. The maximum Gasteiger partial charge on any atom is 0.0507 e. The second kappa shape index (κ2) is 6.58. The molecule has 0 amide bonds. The van der Waals surface area contributed by atoms with Gasteiger partial charge in [0.2, 0.25) is 0 Å². The van der Waals surface area contributed by atoms with Crippen LogP contribution in [0.15, 0.2) is 0 Å². The Morgan fingerprint density at radius 2 is 1.94 bits per heavy atom. The molecule has 0 aromatic carbocycles. The van der Waals surface area contributed by atoms with Gasteiger partial charge in [0, 0.05) is 32.3 Å². The fraction of sp³-hybridized carbons (Fsp3) is 1.00. The summed E-state index contributed by atoms with van der Waals surface area (Å²) in [5, 5.41) is 0. The van der Waals surface area contributed by atoms with Gasteiger partial charge >= 0.3 is 0 Å². The Morgan fingerprint density at radius 1 is 1.12 bits per heavy atom. The molecular formula is C13H26N2O. The van der Waals surface area contributed by atoms with Gasteiger partial charge in [-0.2, -0.15) is 0 Å². The second-order valence-electron chi connectivity index (χ2n) is 5.31. The minimum Gasteiger partial charge on any atom is -0.381 e. The van der Waals surface area contributed by atoms with Crippen LogP contribution in [0.5, 0.6) is 0 Å². The smallest absolute Gasteiger partial charge is 0.0507 e. The Labute approximate surface area is 99.3 Å². The minimum absolute atomic E-state index is 0.758.